The third-order valence-electron chi connectivity index (χ3n) is 9.04. The Morgan fingerprint density at radius 1 is 0.571 bits per heavy atom. The van der Waals surface area contributed by atoms with E-state index < -0.39 is 36.0 Å². The Balaban J connectivity index is 0.000000214. The Morgan fingerprint density at radius 3 is 1.30 bits per heavy atom. The van der Waals surface area contributed by atoms with E-state index in [0.29, 0.717) is 59.4 Å². The van der Waals surface area contributed by atoms with Crippen LogP contribution in [0.3, 0.4) is 0 Å². The Kier molecular flexibility index (Phi) is 12.8. The molecule has 288 valence electrons. The van der Waals surface area contributed by atoms with Gasteiger partial charge in [0.15, 0.2) is 12.4 Å². The van der Waals surface area contributed by atoms with Gasteiger partial charge in [0.2, 0.25) is 0 Å². The van der Waals surface area contributed by atoms with Crippen LogP contribution in [0.4, 0.5) is 0 Å². The van der Waals surface area contributed by atoms with E-state index in [1.54, 1.807) is 24.3 Å². The highest BCUT2D eigenvalue weighted by Gasteiger charge is 2.29. The van der Waals surface area contributed by atoms with Gasteiger partial charge in [-0.15, -0.1) is 0 Å². The maximum atomic E-state index is 12.7. The van der Waals surface area contributed by atoms with Gasteiger partial charge in [-0.05, 0) is 55.2 Å². The summed E-state index contributed by atoms with van der Waals surface area (Å²) in [7, 11) is 0. The van der Waals surface area contributed by atoms with E-state index in [-0.39, 0.29) is 29.3 Å². The smallest absolute Gasteiger partial charge is 0.341 e. The van der Waals surface area contributed by atoms with Crippen molar-refractivity contribution in [2.75, 3.05) is 13.2 Å². The number of nitrogens with zero attached hydrogens (tertiary/aromatic N) is 2. The summed E-state index contributed by atoms with van der Waals surface area (Å²) in [5, 5.41) is 9.86. The number of primary amides is 2. The normalized spacial score (nSPS) is 10.8. The fraction of sp³-hybridized carbons (Fsp3) is 0.209. The number of hydrogen-bond acceptors (Lipinski definition) is 8. The maximum Gasteiger partial charge on any atom is 0.341 e. The monoisotopic (exact) mass is 758 g/mol. The molecule has 0 radical (unpaired) electrons. The number of hydrogen-bond donors (Lipinski definition) is 3. The van der Waals surface area contributed by atoms with Crippen molar-refractivity contribution in [2.24, 2.45) is 11.5 Å². The average Bonchev–Trinajstić information content (AvgIpc) is 3.68. The molecule has 0 aliphatic rings. The molecule has 13 heteroatoms. The molecule has 6 rings (SSSR count). The Labute approximate surface area is 322 Å². The predicted octanol–water partition coefficient (Wildman–Crippen LogP) is 5.27. The molecule has 0 aliphatic carbocycles. The minimum absolute atomic E-state index is 0.116. The minimum Gasteiger partial charge on any atom is -0.485 e. The summed E-state index contributed by atoms with van der Waals surface area (Å²) in [5.41, 5.74) is 15.9. The van der Waals surface area contributed by atoms with E-state index in [2.05, 4.69) is 0 Å². The first kappa shape index (κ1) is 40.2. The van der Waals surface area contributed by atoms with E-state index in [1.165, 1.54) is 6.92 Å². The van der Waals surface area contributed by atoms with Crippen LogP contribution in [0.25, 0.3) is 21.8 Å². The van der Waals surface area contributed by atoms with Crippen molar-refractivity contribution in [1.29, 1.82) is 0 Å². The van der Waals surface area contributed by atoms with Crippen molar-refractivity contribution in [2.45, 2.75) is 46.7 Å². The largest absolute Gasteiger partial charge is 0.485 e. The molecule has 0 aliphatic heterocycles. The van der Waals surface area contributed by atoms with Crippen molar-refractivity contribution in [3.63, 3.8) is 0 Å². The molecule has 13 nitrogen and oxygen atoms in total. The van der Waals surface area contributed by atoms with Gasteiger partial charge >= 0.3 is 5.97 Å². The molecule has 0 atom stereocenters. The van der Waals surface area contributed by atoms with Crippen LogP contribution in [0.5, 0.6) is 11.5 Å². The summed E-state index contributed by atoms with van der Waals surface area (Å²) < 4.78 is 15.0. The van der Waals surface area contributed by atoms with Gasteiger partial charge in [-0.25, -0.2) is 4.79 Å². The highest BCUT2D eigenvalue weighted by molar-refractivity contribution is 6.45. The SMILES string of the molecule is CCc1c(C(=O)C(N)=O)c2c(OCC(=O)O)cccc2n1Cc1ccccc1.CCc1c(C(=O)C(N)=O)c2c(OCC(C)=O)cccc2n1Cc1ccccc1. The first-order valence-electron chi connectivity index (χ1n) is 17.9. The van der Waals surface area contributed by atoms with E-state index in [1.807, 2.05) is 95.8 Å². The van der Waals surface area contributed by atoms with E-state index >= 15 is 0 Å². The molecule has 0 bridgehead atoms. The Bertz CT molecular complexity index is 2280. The van der Waals surface area contributed by atoms with Gasteiger partial charge in [0.05, 0.1) is 32.9 Å². The van der Waals surface area contributed by atoms with Crippen molar-refractivity contribution in [3.05, 3.63) is 131 Å². The maximum absolute atomic E-state index is 12.7. The number of ether oxygens (including phenoxy) is 2. The predicted molar refractivity (Wildman–Crippen MR) is 210 cm³/mol. The molecule has 0 saturated heterocycles. The van der Waals surface area contributed by atoms with Crippen molar-refractivity contribution >= 4 is 56.9 Å². The topological polar surface area (TPSA) is 203 Å². The van der Waals surface area contributed by atoms with Crippen molar-refractivity contribution < 1.29 is 43.3 Å². The first-order valence-corrected chi connectivity index (χ1v) is 17.9. The number of Topliss-reactive ketones (excluding diaryl/α,β-unsaturated/α-hetero) is 3. The number of carboxylic acid groups (broad SMARTS) is 1. The number of ketones is 3. The number of amides is 2. The molecule has 2 aromatic heterocycles. The number of benzene rings is 4. The average molecular weight is 759 g/mol. The number of fused-ring (bicyclic) bond motifs is 2. The van der Waals surface area contributed by atoms with E-state index in [4.69, 9.17) is 26.0 Å². The molecule has 0 unspecified atom stereocenters. The number of nitrogens with two attached hydrogens (primary N) is 2. The first-order chi connectivity index (χ1) is 26.9. The van der Waals surface area contributed by atoms with Crippen LogP contribution in [0.1, 0.15) is 64.0 Å². The van der Waals surface area contributed by atoms with E-state index in [0.717, 1.165) is 16.6 Å². The second-order valence-corrected chi connectivity index (χ2v) is 12.9. The number of carbonyl (C=O) groups excluding carboxylic acids is 5. The lowest BCUT2D eigenvalue weighted by Crippen LogP contribution is -2.24. The molecule has 0 spiro atoms. The van der Waals surface area contributed by atoms with Crippen molar-refractivity contribution in [3.8, 4) is 11.5 Å². The lowest BCUT2D eigenvalue weighted by Gasteiger charge is -2.11. The van der Waals surface area contributed by atoms with Gasteiger partial charge in [-0.1, -0.05) is 86.6 Å². The van der Waals surface area contributed by atoms with Crippen LogP contribution >= 0.6 is 0 Å². The fourth-order valence-electron chi connectivity index (χ4n) is 6.76. The number of carbonyl (C=O) groups is 6. The van der Waals surface area contributed by atoms with Crippen LogP contribution < -0.4 is 20.9 Å². The van der Waals surface area contributed by atoms with Crippen LogP contribution in [0, 0.1) is 0 Å². The molecule has 0 fully saturated rings. The molecular weight excluding hydrogens is 716 g/mol. The summed E-state index contributed by atoms with van der Waals surface area (Å²) in [6, 6.07) is 30.0. The summed E-state index contributed by atoms with van der Waals surface area (Å²) in [4.78, 5) is 71.0. The number of rotatable bonds is 16. The van der Waals surface area contributed by atoms with Crippen LogP contribution in [-0.4, -0.2) is 62.6 Å². The molecule has 4 aromatic carbocycles. The third-order valence-corrected chi connectivity index (χ3v) is 9.04. The van der Waals surface area contributed by atoms with Gasteiger partial charge in [-0.2, -0.15) is 0 Å². The lowest BCUT2D eigenvalue weighted by molar-refractivity contribution is -0.139. The highest BCUT2D eigenvalue weighted by Crippen LogP contribution is 2.37. The van der Waals surface area contributed by atoms with Gasteiger partial charge in [0.25, 0.3) is 23.4 Å². The van der Waals surface area contributed by atoms with Crippen LogP contribution in [0.15, 0.2) is 97.1 Å². The Hall–Kier alpha value is -7.02. The minimum atomic E-state index is -1.14. The standard InChI is InChI=1S/C22H22N2O4.C21H20N2O5/c1-3-16-20(21(26)22(23)27)19-17(10-7-11-18(19)28-13-14(2)25)24(16)12-15-8-5-4-6-9-15;1-2-14-19(20(26)21(22)27)18-15(9-6-10-16(18)28-12-17(24)25)23(14)11-13-7-4-3-5-8-13/h4-11H,3,12-13H2,1-2H3,(H2,23,27);3-10H,2,11-12H2,1H3,(H2,22,27)(H,24,25). The molecule has 6 aromatic rings. The third kappa shape index (κ3) is 8.68. The second-order valence-electron chi connectivity index (χ2n) is 12.9. The molecule has 2 heterocycles. The lowest BCUT2D eigenvalue weighted by atomic mass is 10.0. The van der Waals surface area contributed by atoms with Gasteiger partial charge in [0, 0.05) is 24.5 Å². The van der Waals surface area contributed by atoms with Crippen LogP contribution in [0.2, 0.25) is 0 Å². The summed E-state index contributed by atoms with van der Waals surface area (Å²) in [5.74, 6) is -4.33. The quantitative estimate of drug-likeness (QED) is 0.0868. The Morgan fingerprint density at radius 2 is 0.964 bits per heavy atom. The highest BCUT2D eigenvalue weighted by atomic mass is 16.5. The summed E-state index contributed by atoms with van der Waals surface area (Å²) in [6.45, 7) is 5.56. The zero-order chi connectivity index (χ0) is 40.5. The number of carboxylic acids is 1. The number of aliphatic carboxylic acids is 1. The van der Waals surface area contributed by atoms with Gasteiger partial charge in [-0.3, -0.25) is 24.0 Å². The fourth-order valence-corrected chi connectivity index (χ4v) is 6.76. The molecule has 0 saturated carbocycles. The second kappa shape index (κ2) is 17.9. The van der Waals surface area contributed by atoms with Crippen molar-refractivity contribution in [1.82, 2.24) is 9.13 Å². The molecule has 5 N–H and O–H groups in total. The zero-order valence-corrected chi connectivity index (χ0v) is 31.2. The van der Waals surface area contributed by atoms with Crippen LogP contribution in [-0.2, 0) is 45.1 Å². The van der Waals surface area contributed by atoms with E-state index in [9.17, 15) is 28.8 Å². The van der Waals surface area contributed by atoms with Gasteiger partial charge < -0.3 is 35.2 Å². The zero-order valence-electron chi connectivity index (χ0n) is 31.2. The molecule has 2 amide bonds. The summed E-state index contributed by atoms with van der Waals surface area (Å²) in [6.07, 6.45) is 1.01. The molecular formula is C43H42N4O9. The molecule has 56 heavy (non-hydrogen) atoms. The number of aromatic nitrogens is 2. The van der Waals surface area contributed by atoms with Gasteiger partial charge in [0.1, 0.15) is 18.1 Å². The summed E-state index contributed by atoms with van der Waals surface area (Å²) >= 11 is 0.